The zero-order valence-electron chi connectivity index (χ0n) is 14.8. The molecule has 1 aliphatic carbocycles. The summed E-state index contributed by atoms with van der Waals surface area (Å²) >= 11 is 0. The summed E-state index contributed by atoms with van der Waals surface area (Å²) in [4.78, 5) is 13.9. The molecule has 25 heavy (non-hydrogen) atoms. The van der Waals surface area contributed by atoms with Gasteiger partial charge in [0.25, 0.3) is 5.91 Å². The highest BCUT2D eigenvalue weighted by Gasteiger charge is 2.20. The molecule has 1 unspecified atom stereocenters. The Hall–Kier alpha value is -2.13. The number of amides is 1. The van der Waals surface area contributed by atoms with Crippen LogP contribution in [0.1, 0.15) is 52.7 Å². The number of fused-ring (bicyclic) bond motifs is 1. The summed E-state index contributed by atoms with van der Waals surface area (Å²) in [5.41, 5.74) is 5.09. The maximum absolute atomic E-state index is 12.3. The van der Waals surface area contributed by atoms with Crippen molar-refractivity contribution >= 4 is 5.91 Å². The van der Waals surface area contributed by atoms with Crippen molar-refractivity contribution in [3.05, 3.63) is 70.8 Å². The van der Waals surface area contributed by atoms with Crippen LogP contribution < -0.4 is 10.2 Å². The minimum absolute atomic E-state index is 0.0812. The molecule has 3 heteroatoms. The zero-order valence-corrected chi connectivity index (χ0v) is 14.8. The molecular weight excluding hydrogens is 308 g/mol. The van der Waals surface area contributed by atoms with Gasteiger partial charge in [0, 0.05) is 29.2 Å². The minimum atomic E-state index is 0.0812. The first-order valence-corrected chi connectivity index (χ1v) is 9.58. The third-order valence-electron chi connectivity index (χ3n) is 5.67. The van der Waals surface area contributed by atoms with E-state index in [1.165, 1.54) is 36.1 Å². The Kier molecular flexibility index (Phi) is 4.84. The molecule has 0 radical (unpaired) electrons. The van der Waals surface area contributed by atoms with Gasteiger partial charge < -0.3 is 10.2 Å². The van der Waals surface area contributed by atoms with Crippen molar-refractivity contribution in [1.29, 1.82) is 0 Å². The van der Waals surface area contributed by atoms with Gasteiger partial charge in [-0.15, -0.1) is 0 Å². The third-order valence-corrected chi connectivity index (χ3v) is 5.67. The Morgan fingerprint density at radius 3 is 2.48 bits per heavy atom. The molecule has 0 bridgehead atoms. The van der Waals surface area contributed by atoms with Crippen LogP contribution in [0, 0.1) is 0 Å². The molecule has 2 aliphatic rings. The molecule has 1 fully saturated rings. The van der Waals surface area contributed by atoms with Gasteiger partial charge in [0.15, 0.2) is 0 Å². The lowest BCUT2D eigenvalue weighted by Crippen LogP contribution is -3.10. The summed E-state index contributed by atoms with van der Waals surface area (Å²) < 4.78 is 0. The quantitative estimate of drug-likeness (QED) is 0.884. The molecule has 1 amide bonds. The molecule has 0 spiro atoms. The van der Waals surface area contributed by atoms with Gasteiger partial charge in [-0.1, -0.05) is 49.2 Å². The first-order chi connectivity index (χ1) is 12.3. The van der Waals surface area contributed by atoms with Gasteiger partial charge >= 0.3 is 0 Å². The van der Waals surface area contributed by atoms with Gasteiger partial charge in [-0.3, -0.25) is 4.79 Å². The van der Waals surface area contributed by atoms with Gasteiger partial charge in [0.1, 0.15) is 13.1 Å². The Morgan fingerprint density at radius 1 is 1.00 bits per heavy atom. The van der Waals surface area contributed by atoms with Crippen LogP contribution >= 0.6 is 0 Å². The number of carbonyl (C=O) groups excluding carboxylic acids is 1. The van der Waals surface area contributed by atoms with Crippen LogP contribution in [-0.2, 0) is 19.5 Å². The largest absolute Gasteiger partial charge is 0.349 e. The van der Waals surface area contributed by atoms with Gasteiger partial charge in [0.2, 0.25) is 0 Å². The smallest absolute Gasteiger partial charge is 0.251 e. The van der Waals surface area contributed by atoms with Crippen LogP contribution in [0.4, 0.5) is 0 Å². The van der Waals surface area contributed by atoms with Crippen molar-refractivity contribution in [1.82, 2.24) is 5.32 Å². The number of hydrogen-bond acceptors (Lipinski definition) is 1. The van der Waals surface area contributed by atoms with Crippen molar-refractivity contribution in [2.45, 2.75) is 51.2 Å². The molecule has 1 atom stereocenters. The lowest BCUT2D eigenvalue weighted by atomic mass is 9.99. The fraction of sp³-hybridized carbons (Fsp3) is 0.409. The number of nitrogens with one attached hydrogen (secondary N) is 2. The van der Waals surface area contributed by atoms with E-state index in [1.54, 1.807) is 4.90 Å². The molecule has 0 saturated heterocycles. The Bertz CT molecular complexity index is 732. The molecule has 130 valence electrons. The second kappa shape index (κ2) is 7.40. The molecule has 1 aliphatic heterocycles. The maximum atomic E-state index is 12.3. The number of benzene rings is 2. The first-order valence-electron chi connectivity index (χ1n) is 9.58. The second-order valence-electron chi connectivity index (χ2n) is 7.52. The average molecular weight is 335 g/mol. The van der Waals surface area contributed by atoms with Crippen LogP contribution in [-0.4, -0.2) is 18.5 Å². The van der Waals surface area contributed by atoms with Crippen molar-refractivity contribution in [2.75, 3.05) is 6.54 Å². The summed E-state index contributed by atoms with van der Waals surface area (Å²) in [5, 5.41) is 3.16. The van der Waals surface area contributed by atoms with E-state index in [9.17, 15) is 4.79 Å². The third kappa shape index (κ3) is 3.93. The zero-order chi connectivity index (χ0) is 17.1. The first kappa shape index (κ1) is 16.3. The van der Waals surface area contributed by atoms with Gasteiger partial charge in [0.05, 0.1) is 6.54 Å². The summed E-state index contributed by atoms with van der Waals surface area (Å²) in [7, 11) is 0. The number of hydrogen-bond donors (Lipinski definition) is 2. The molecule has 0 aromatic heterocycles. The Balaban J connectivity index is 1.35. The van der Waals surface area contributed by atoms with E-state index in [0.29, 0.717) is 6.04 Å². The molecule has 1 saturated carbocycles. The van der Waals surface area contributed by atoms with Gasteiger partial charge in [-0.05, 0) is 30.5 Å². The van der Waals surface area contributed by atoms with E-state index >= 15 is 0 Å². The maximum Gasteiger partial charge on any atom is 0.251 e. The highest BCUT2D eigenvalue weighted by molar-refractivity contribution is 5.94. The van der Waals surface area contributed by atoms with E-state index in [1.807, 2.05) is 12.1 Å². The Labute approximate surface area is 150 Å². The molecule has 1 heterocycles. The molecule has 2 N–H and O–H groups in total. The van der Waals surface area contributed by atoms with E-state index in [4.69, 9.17) is 0 Å². The summed E-state index contributed by atoms with van der Waals surface area (Å²) in [6.07, 6.45) is 5.90. The molecule has 3 nitrogen and oxygen atoms in total. The van der Waals surface area contributed by atoms with Crippen molar-refractivity contribution in [3.63, 3.8) is 0 Å². The standard InChI is InChI=1S/C22H26N2O/c25-22(23-21-7-3-4-8-21)19-11-9-17(10-12-19)15-24-14-13-18-5-1-2-6-20(18)16-24/h1-2,5-6,9-12,21H,3-4,7-8,13-16H2,(H,23,25)/p+1. The van der Waals surface area contributed by atoms with Crippen LogP contribution in [0.15, 0.2) is 48.5 Å². The predicted molar refractivity (Wildman–Crippen MR) is 99.5 cm³/mol. The molecule has 2 aromatic rings. The SMILES string of the molecule is O=C(NC1CCCC1)c1ccc(C[NH+]2CCc3ccccc3C2)cc1. The topological polar surface area (TPSA) is 33.5 Å². The summed E-state index contributed by atoms with van der Waals surface area (Å²) in [6, 6.07) is 17.4. The predicted octanol–water partition coefficient (Wildman–Crippen LogP) is 2.50. The molecule has 2 aromatic carbocycles. The fourth-order valence-corrected chi connectivity index (χ4v) is 4.20. The minimum Gasteiger partial charge on any atom is -0.349 e. The molecular formula is C22H27N2O+. The van der Waals surface area contributed by atoms with Gasteiger partial charge in [-0.25, -0.2) is 0 Å². The summed E-state index contributed by atoms with van der Waals surface area (Å²) in [5.74, 6) is 0.0812. The van der Waals surface area contributed by atoms with Crippen molar-refractivity contribution in [3.8, 4) is 0 Å². The monoisotopic (exact) mass is 335 g/mol. The normalized spacial score (nSPS) is 20.2. The van der Waals surface area contributed by atoms with Crippen LogP contribution in [0.3, 0.4) is 0 Å². The van der Waals surface area contributed by atoms with E-state index < -0.39 is 0 Å². The fourth-order valence-electron chi connectivity index (χ4n) is 4.20. The summed E-state index contributed by atoms with van der Waals surface area (Å²) in [6.45, 7) is 3.31. The highest BCUT2D eigenvalue weighted by atomic mass is 16.1. The van der Waals surface area contributed by atoms with Crippen LogP contribution in [0.2, 0.25) is 0 Å². The number of quaternary nitrogens is 1. The lowest BCUT2D eigenvalue weighted by Gasteiger charge is -2.26. The molecule has 4 rings (SSSR count). The van der Waals surface area contributed by atoms with Crippen molar-refractivity contribution < 1.29 is 9.69 Å². The lowest BCUT2D eigenvalue weighted by molar-refractivity contribution is -0.929. The average Bonchev–Trinajstić information content (AvgIpc) is 3.15. The number of rotatable bonds is 4. The van der Waals surface area contributed by atoms with E-state index in [2.05, 4.69) is 41.7 Å². The number of carbonyl (C=O) groups is 1. The highest BCUT2D eigenvalue weighted by Crippen LogP contribution is 2.18. The Morgan fingerprint density at radius 2 is 1.72 bits per heavy atom. The second-order valence-corrected chi connectivity index (χ2v) is 7.52. The van der Waals surface area contributed by atoms with Gasteiger partial charge in [-0.2, -0.15) is 0 Å². The van der Waals surface area contributed by atoms with Crippen LogP contribution in [0.25, 0.3) is 0 Å². The van der Waals surface area contributed by atoms with E-state index in [0.717, 1.165) is 37.9 Å². The van der Waals surface area contributed by atoms with Crippen molar-refractivity contribution in [2.24, 2.45) is 0 Å². The van der Waals surface area contributed by atoms with Crippen LogP contribution in [0.5, 0.6) is 0 Å². The van der Waals surface area contributed by atoms with E-state index in [-0.39, 0.29) is 5.91 Å².